The third kappa shape index (κ3) is 4.28. The van der Waals surface area contributed by atoms with E-state index in [0.29, 0.717) is 18.1 Å². The Morgan fingerprint density at radius 1 is 1.03 bits per heavy atom. The number of ether oxygens (including phenoxy) is 1. The van der Waals surface area contributed by atoms with Gasteiger partial charge in [-0.15, -0.1) is 10.2 Å². The number of amides is 1. The number of carbonyl (C=O) groups excluding carboxylic acids is 1. The fourth-order valence-electron chi connectivity index (χ4n) is 2.92. The van der Waals surface area contributed by atoms with Crippen LogP contribution >= 0.6 is 11.8 Å². The van der Waals surface area contributed by atoms with E-state index >= 15 is 0 Å². The summed E-state index contributed by atoms with van der Waals surface area (Å²) in [6.45, 7) is 2.57. The molecular formula is C22H21N5O2S. The van der Waals surface area contributed by atoms with Gasteiger partial charge < -0.3 is 9.64 Å². The van der Waals surface area contributed by atoms with Crippen LogP contribution in [0, 0.1) is 0 Å². The lowest BCUT2D eigenvalue weighted by atomic mass is 10.2. The van der Waals surface area contributed by atoms with Gasteiger partial charge in [0.2, 0.25) is 5.91 Å². The molecule has 0 N–H and O–H groups in total. The van der Waals surface area contributed by atoms with Gasteiger partial charge in [0.15, 0.2) is 11.5 Å². The summed E-state index contributed by atoms with van der Waals surface area (Å²) in [5, 5.41) is 13.8. The Labute approximate surface area is 178 Å². The molecule has 0 saturated carbocycles. The van der Waals surface area contributed by atoms with E-state index in [1.807, 2.05) is 73.7 Å². The van der Waals surface area contributed by atoms with Crippen LogP contribution in [0.25, 0.3) is 17.0 Å². The van der Waals surface area contributed by atoms with Crippen molar-refractivity contribution in [1.29, 1.82) is 0 Å². The molecule has 1 amide bonds. The van der Waals surface area contributed by atoms with Crippen LogP contribution in [-0.2, 0) is 4.79 Å². The van der Waals surface area contributed by atoms with Crippen LogP contribution in [0.15, 0.2) is 71.8 Å². The van der Waals surface area contributed by atoms with Crippen molar-refractivity contribution in [3.05, 3.63) is 66.7 Å². The maximum absolute atomic E-state index is 12.5. The molecule has 0 unspecified atom stereocenters. The fourth-order valence-corrected chi connectivity index (χ4v) is 3.69. The summed E-state index contributed by atoms with van der Waals surface area (Å²) >= 11 is 1.38. The summed E-state index contributed by atoms with van der Waals surface area (Å²) in [7, 11) is 1.78. The molecule has 0 fully saturated rings. The number of thioether (sulfide) groups is 1. The lowest BCUT2D eigenvalue weighted by Gasteiger charge is -2.16. The van der Waals surface area contributed by atoms with E-state index in [1.165, 1.54) is 11.8 Å². The fraction of sp³-hybridized carbons (Fsp3) is 0.182. The zero-order valence-corrected chi connectivity index (χ0v) is 17.5. The summed E-state index contributed by atoms with van der Waals surface area (Å²) in [6.07, 6.45) is 0. The standard InChI is InChI=1S/C22H21N5O2S/c1-3-29-18-11-9-16(10-12-18)22-24-23-19-13-14-20(25-27(19)22)30-15-21(28)26(2)17-7-5-4-6-8-17/h4-14H,3,15H2,1-2H3. The Morgan fingerprint density at radius 3 is 2.53 bits per heavy atom. The summed E-state index contributed by atoms with van der Waals surface area (Å²) in [5.41, 5.74) is 2.40. The number of fused-ring (bicyclic) bond motifs is 1. The number of aromatic nitrogens is 4. The van der Waals surface area contributed by atoms with Gasteiger partial charge in [-0.2, -0.15) is 9.61 Å². The predicted octanol–water partition coefficient (Wildman–Crippen LogP) is 3.95. The number of para-hydroxylation sites is 1. The van der Waals surface area contributed by atoms with E-state index in [9.17, 15) is 4.79 Å². The third-order valence-corrected chi connectivity index (χ3v) is 5.43. The maximum atomic E-state index is 12.5. The van der Waals surface area contributed by atoms with E-state index in [2.05, 4.69) is 15.3 Å². The number of carbonyl (C=O) groups is 1. The molecular weight excluding hydrogens is 398 g/mol. The van der Waals surface area contributed by atoms with E-state index in [1.54, 1.807) is 16.5 Å². The highest BCUT2D eigenvalue weighted by Crippen LogP contribution is 2.23. The minimum atomic E-state index is 0.00332. The highest BCUT2D eigenvalue weighted by Gasteiger charge is 2.14. The highest BCUT2D eigenvalue weighted by molar-refractivity contribution is 7.99. The maximum Gasteiger partial charge on any atom is 0.237 e. The minimum Gasteiger partial charge on any atom is -0.494 e. The molecule has 0 aliphatic carbocycles. The first-order valence-corrected chi connectivity index (χ1v) is 10.5. The molecule has 2 heterocycles. The third-order valence-electron chi connectivity index (χ3n) is 4.52. The Bertz CT molecular complexity index is 1150. The second-order valence-corrected chi connectivity index (χ2v) is 7.50. The van der Waals surface area contributed by atoms with Crippen LogP contribution in [0.4, 0.5) is 5.69 Å². The van der Waals surface area contributed by atoms with E-state index in [0.717, 1.165) is 22.0 Å². The zero-order valence-electron chi connectivity index (χ0n) is 16.7. The van der Waals surface area contributed by atoms with E-state index < -0.39 is 0 Å². The lowest BCUT2D eigenvalue weighted by Crippen LogP contribution is -2.27. The van der Waals surface area contributed by atoms with Gasteiger partial charge in [0.05, 0.1) is 12.4 Å². The molecule has 0 saturated heterocycles. The Kier molecular flexibility index (Phi) is 5.94. The highest BCUT2D eigenvalue weighted by atomic mass is 32.2. The van der Waals surface area contributed by atoms with Crippen molar-refractivity contribution < 1.29 is 9.53 Å². The average Bonchev–Trinajstić information content (AvgIpc) is 3.21. The first-order valence-electron chi connectivity index (χ1n) is 9.56. The molecule has 0 radical (unpaired) electrons. The molecule has 0 atom stereocenters. The van der Waals surface area contributed by atoms with Gasteiger partial charge in [-0.05, 0) is 55.5 Å². The van der Waals surface area contributed by atoms with Crippen LogP contribution in [0.1, 0.15) is 6.92 Å². The molecule has 2 aromatic heterocycles. The summed E-state index contributed by atoms with van der Waals surface area (Å²) < 4.78 is 7.19. The molecule has 7 nitrogen and oxygen atoms in total. The molecule has 30 heavy (non-hydrogen) atoms. The van der Waals surface area contributed by atoms with E-state index in [4.69, 9.17) is 4.74 Å². The molecule has 0 spiro atoms. The van der Waals surface area contributed by atoms with Gasteiger partial charge in [0.25, 0.3) is 0 Å². The van der Waals surface area contributed by atoms with Crippen molar-refractivity contribution in [3.8, 4) is 17.1 Å². The molecule has 2 aromatic carbocycles. The number of rotatable bonds is 7. The van der Waals surface area contributed by atoms with E-state index in [-0.39, 0.29) is 11.7 Å². The number of anilines is 1. The van der Waals surface area contributed by atoms with Gasteiger partial charge in [-0.3, -0.25) is 4.79 Å². The Balaban J connectivity index is 1.50. The van der Waals surface area contributed by atoms with Gasteiger partial charge in [0.1, 0.15) is 10.8 Å². The van der Waals surface area contributed by atoms with Crippen LogP contribution in [0.5, 0.6) is 5.75 Å². The monoisotopic (exact) mass is 419 g/mol. The Morgan fingerprint density at radius 2 is 1.80 bits per heavy atom. The van der Waals surface area contributed by atoms with Crippen LogP contribution in [0.3, 0.4) is 0 Å². The smallest absolute Gasteiger partial charge is 0.237 e. The van der Waals surface area contributed by atoms with Crippen molar-refractivity contribution in [2.75, 3.05) is 24.3 Å². The van der Waals surface area contributed by atoms with Crippen molar-refractivity contribution >= 4 is 29.0 Å². The molecule has 4 aromatic rings. The SMILES string of the molecule is CCOc1ccc(-c2nnc3ccc(SCC(=O)N(C)c4ccccc4)nn23)cc1. The van der Waals surface area contributed by atoms with Gasteiger partial charge in [-0.25, -0.2) is 0 Å². The molecule has 0 aliphatic heterocycles. The summed E-state index contributed by atoms with van der Waals surface area (Å²) in [6, 6.07) is 20.9. The molecule has 0 bridgehead atoms. The van der Waals surface area contributed by atoms with Crippen LogP contribution in [-0.4, -0.2) is 45.1 Å². The second-order valence-electron chi connectivity index (χ2n) is 6.50. The second kappa shape index (κ2) is 8.96. The zero-order chi connectivity index (χ0) is 20.9. The quantitative estimate of drug-likeness (QED) is 0.423. The summed E-state index contributed by atoms with van der Waals surface area (Å²) in [4.78, 5) is 14.2. The number of nitrogens with zero attached hydrogens (tertiary/aromatic N) is 5. The van der Waals surface area contributed by atoms with Gasteiger partial charge >= 0.3 is 0 Å². The van der Waals surface area contributed by atoms with Crippen molar-refractivity contribution in [3.63, 3.8) is 0 Å². The van der Waals surface area contributed by atoms with Gasteiger partial charge in [0, 0.05) is 18.3 Å². The summed E-state index contributed by atoms with van der Waals surface area (Å²) in [5.74, 6) is 1.73. The number of benzene rings is 2. The normalized spacial score (nSPS) is 10.9. The van der Waals surface area contributed by atoms with Crippen molar-refractivity contribution in [1.82, 2.24) is 19.8 Å². The first kappa shape index (κ1) is 19.9. The topological polar surface area (TPSA) is 72.6 Å². The molecule has 0 aliphatic rings. The van der Waals surface area contributed by atoms with Crippen LogP contribution < -0.4 is 9.64 Å². The largest absolute Gasteiger partial charge is 0.494 e. The number of hydrogen-bond donors (Lipinski definition) is 0. The predicted molar refractivity (Wildman–Crippen MR) is 118 cm³/mol. The first-order chi connectivity index (χ1) is 14.7. The number of hydrogen-bond acceptors (Lipinski definition) is 6. The average molecular weight is 420 g/mol. The van der Waals surface area contributed by atoms with Crippen molar-refractivity contribution in [2.24, 2.45) is 0 Å². The van der Waals surface area contributed by atoms with Gasteiger partial charge in [-0.1, -0.05) is 30.0 Å². The van der Waals surface area contributed by atoms with Crippen molar-refractivity contribution in [2.45, 2.75) is 11.9 Å². The molecule has 152 valence electrons. The minimum absolute atomic E-state index is 0.00332. The molecule has 4 rings (SSSR count). The Hall–Kier alpha value is -3.39. The molecule has 8 heteroatoms. The lowest BCUT2D eigenvalue weighted by molar-refractivity contribution is -0.115. The van der Waals surface area contributed by atoms with Crippen LogP contribution in [0.2, 0.25) is 0 Å².